The van der Waals surface area contributed by atoms with Crippen molar-refractivity contribution in [3.63, 3.8) is 0 Å². The van der Waals surface area contributed by atoms with Gasteiger partial charge in [-0.1, -0.05) is 19.3 Å². The van der Waals surface area contributed by atoms with Crippen molar-refractivity contribution in [3.8, 4) is 0 Å². The predicted molar refractivity (Wildman–Crippen MR) is 84.1 cm³/mol. The van der Waals surface area contributed by atoms with Crippen LogP contribution < -0.4 is 0 Å². The summed E-state index contributed by atoms with van der Waals surface area (Å²) < 4.78 is 5.02. The molecule has 1 rings (SSSR count). The number of unbranched alkanes of at least 4 members (excludes halogenated alkanes) is 5. The van der Waals surface area contributed by atoms with Gasteiger partial charge in [0, 0.05) is 13.7 Å². The van der Waals surface area contributed by atoms with E-state index >= 15 is 0 Å². The molecule has 0 bridgehead atoms. The first-order valence-corrected chi connectivity index (χ1v) is 9.52. The molecule has 20 heavy (non-hydrogen) atoms. The zero-order valence-corrected chi connectivity index (χ0v) is 13.5. The molecule has 0 aliphatic carbocycles. The van der Waals surface area contributed by atoms with Crippen LogP contribution >= 0.6 is 0 Å². The molecule has 0 amide bonds. The second kappa shape index (κ2) is 10.9. The molecule has 4 atom stereocenters. The highest BCUT2D eigenvalue weighted by molar-refractivity contribution is 7.97. The highest BCUT2D eigenvalue weighted by Gasteiger charge is 2.43. The van der Waals surface area contributed by atoms with Crippen molar-refractivity contribution in [1.29, 1.82) is 0 Å². The quantitative estimate of drug-likeness (QED) is 0.392. The number of aliphatic hydroxyl groups excluding tert-OH is 3. The van der Waals surface area contributed by atoms with Crippen molar-refractivity contribution in [2.75, 3.05) is 37.6 Å². The van der Waals surface area contributed by atoms with E-state index in [4.69, 9.17) is 9.84 Å². The Morgan fingerprint density at radius 3 is 2.40 bits per heavy atom. The van der Waals surface area contributed by atoms with Gasteiger partial charge in [0.2, 0.25) is 0 Å². The standard InChI is InChI=1S/C15H31O4S/c1-19-8-6-4-2-3-5-7-9-20-11-13(14(17)10-16)15(18)12-20/h13-18H,2-12H2,1H3/q+1/t13-,14-,15-,20?/m1/s1. The zero-order valence-electron chi connectivity index (χ0n) is 12.7. The average molecular weight is 307 g/mol. The van der Waals surface area contributed by atoms with Gasteiger partial charge < -0.3 is 20.1 Å². The normalized spacial score (nSPS) is 27.9. The molecular weight excluding hydrogens is 276 g/mol. The number of hydrogen-bond donors (Lipinski definition) is 3. The molecule has 1 aliphatic rings. The first kappa shape index (κ1) is 18.2. The lowest BCUT2D eigenvalue weighted by Crippen LogP contribution is -2.32. The molecule has 120 valence electrons. The van der Waals surface area contributed by atoms with Crippen LogP contribution in [0.1, 0.15) is 38.5 Å². The van der Waals surface area contributed by atoms with Crippen LogP contribution in [0, 0.1) is 5.92 Å². The van der Waals surface area contributed by atoms with Gasteiger partial charge in [-0.2, -0.15) is 0 Å². The molecule has 0 aromatic carbocycles. The fourth-order valence-corrected chi connectivity index (χ4v) is 5.55. The van der Waals surface area contributed by atoms with Crippen LogP contribution in [-0.2, 0) is 15.6 Å². The summed E-state index contributed by atoms with van der Waals surface area (Å²) in [6, 6.07) is 0. The number of rotatable bonds is 11. The molecule has 3 N–H and O–H groups in total. The molecule has 1 fully saturated rings. The summed E-state index contributed by atoms with van der Waals surface area (Å²) in [5, 5.41) is 28.5. The van der Waals surface area contributed by atoms with E-state index in [-0.39, 0.29) is 23.4 Å². The third kappa shape index (κ3) is 6.76. The molecule has 1 aliphatic heterocycles. The van der Waals surface area contributed by atoms with Gasteiger partial charge in [0.25, 0.3) is 0 Å². The van der Waals surface area contributed by atoms with Crippen LogP contribution in [0.4, 0.5) is 0 Å². The summed E-state index contributed by atoms with van der Waals surface area (Å²) in [5.41, 5.74) is 0. The van der Waals surface area contributed by atoms with Crippen molar-refractivity contribution >= 4 is 10.9 Å². The first-order chi connectivity index (χ1) is 9.69. The van der Waals surface area contributed by atoms with Gasteiger partial charge in [-0.05, 0) is 30.2 Å². The summed E-state index contributed by atoms with van der Waals surface area (Å²) in [7, 11) is 1.99. The van der Waals surface area contributed by atoms with Gasteiger partial charge in [-0.15, -0.1) is 0 Å². The van der Waals surface area contributed by atoms with Crippen LogP contribution in [0.2, 0.25) is 0 Å². The fourth-order valence-electron chi connectivity index (χ4n) is 2.75. The largest absolute Gasteiger partial charge is 0.394 e. The first-order valence-electron chi connectivity index (χ1n) is 7.79. The Morgan fingerprint density at radius 1 is 1.10 bits per heavy atom. The van der Waals surface area contributed by atoms with E-state index in [1.54, 1.807) is 7.11 Å². The van der Waals surface area contributed by atoms with E-state index in [9.17, 15) is 10.2 Å². The SMILES string of the molecule is COCCCCCCCC[S+]1C[C@H]([C@H](O)CO)[C@H](O)C1. The maximum atomic E-state index is 9.91. The van der Waals surface area contributed by atoms with Gasteiger partial charge in [0.05, 0.1) is 18.6 Å². The van der Waals surface area contributed by atoms with E-state index in [1.165, 1.54) is 37.9 Å². The van der Waals surface area contributed by atoms with Crippen molar-refractivity contribution in [1.82, 2.24) is 0 Å². The van der Waals surface area contributed by atoms with E-state index in [2.05, 4.69) is 0 Å². The van der Waals surface area contributed by atoms with Crippen LogP contribution in [0.5, 0.6) is 0 Å². The highest BCUT2D eigenvalue weighted by atomic mass is 32.2. The van der Waals surface area contributed by atoms with Gasteiger partial charge in [-0.3, -0.25) is 0 Å². The van der Waals surface area contributed by atoms with Crippen LogP contribution in [0.15, 0.2) is 0 Å². The molecule has 0 radical (unpaired) electrons. The molecule has 1 unspecified atom stereocenters. The Balaban J connectivity index is 2.00. The summed E-state index contributed by atoms with van der Waals surface area (Å²) in [6.45, 7) is 0.635. The van der Waals surface area contributed by atoms with Gasteiger partial charge in [-0.25, -0.2) is 0 Å². The van der Waals surface area contributed by atoms with Crippen molar-refractivity contribution in [2.45, 2.75) is 50.7 Å². The summed E-state index contributed by atoms with van der Waals surface area (Å²) in [6.07, 6.45) is 6.30. The van der Waals surface area contributed by atoms with Crippen molar-refractivity contribution in [2.24, 2.45) is 5.92 Å². The number of ether oxygens (including phenoxy) is 1. The summed E-state index contributed by atoms with van der Waals surface area (Å²) >= 11 is 0. The maximum absolute atomic E-state index is 9.91. The van der Waals surface area contributed by atoms with Gasteiger partial charge >= 0.3 is 0 Å². The Hall–Kier alpha value is 0.190. The van der Waals surface area contributed by atoms with Crippen LogP contribution in [-0.4, -0.2) is 65.1 Å². The summed E-state index contributed by atoms with van der Waals surface area (Å²) in [4.78, 5) is 0. The molecular formula is C15H31O4S+. The molecule has 4 nitrogen and oxygen atoms in total. The predicted octanol–water partition coefficient (Wildman–Crippen LogP) is 0.936. The fraction of sp³-hybridized carbons (Fsp3) is 1.00. The Labute approximate surface area is 125 Å². The number of aliphatic hydroxyl groups is 3. The molecule has 0 aromatic heterocycles. The number of hydrogen-bond acceptors (Lipinski definition) is 4. The minimum Gasteiger partial charge on any atom is -0.394 e. The van der Waals surface area contributed by atoms with Gasteiger partial charge in [0.15, 0.2) is 0 Å². The lowest BCUT2D eigenvalue weighted by molar-refractivity contribution is 0.00718. The topological polar surface area (TPSA) is 69.9 Å². The lowest BCUT2D eigenvalue weighted by atomic mass is 10.0. The third-order valence-electron chi connectivity index (χ3n) is 4.04. The van der Waals surface area contributed by atoms with E-state index in [0.29, 0.717) is 0 Å². The Kier molecular flexibility index (Phi) is 9.90. The minimum atomic E-state index is -0.747. The van der Waals surface area contributed by atoms with Crippen molar-refractivity contribution in [3.05, 3.63) is 0 Å². The van der Waals surface area contributed by atoms with Crippen molar-refractivity contribution < 1.29 is 20.1 Å². The Morgan fingerprint density at radius 2 is 1.75 bits per heavy atom. The van der Waals surface area contributed by atoms with E-state index in [0.717, 1.165) is 24.5 Å². The summed E-state index contributed by atoms with van der Waals surface area (Å²) in [5.74, 6) is 2.76. The molecule has 1 saturated heterocycles. The highest BCUT2D eigenvalue weighted by Crippen LogP contribution is 2.25. The average Bonchev–Trinajstić information content (AvgIpc) is 2.82. The number of methoxy groups -OCH3 is 1. The second-order valence-corrected chi connectivity index (χ2v) is 8.04. The zero-order chi connectivity index (χ0) is 14.8. The van der Waals surface area contributed by atoms with E-state index < -0.39 is 12.2 Å². The molecule has 5 heteroatoms. The molecule has 0 aromatic rings. The lowest BCUT2D eigenvalue weighted by Gasteiger charge is -2.15. The van der Waals surface area contributed by atoms with Gasteiger partial charge in [0.1, 0.15) is 23.4 Å². The smallest absolute Gasteiger partial charge is 0.134 e. The molecule has 0 saturated carbocycles. The molecule has 0 spiro atoms. The van der Waals surface area contributed by atoms with Crippen LogP contribution in [0.25, 0.3) is 0 Å². The molecule has 1 heterocycles. The third-order valence-corrected chi connectivity index (χ3v) is 6.58. The second-order valence-electron chi connectivity index (χ2n) is 5.75. The van der Waals surface area contributed by atoms with Crippen LogP contribution in [0.3, 0.4) is 0 Å². The monoisotopic (exact) mass is 307 g/mol. The maximum Gasteiger partial charge on any atom is 0.134 e. The Bertz CT molecular complexity index is 240. The minimum absolute atomic E-state index is 0.114. The van der Waals surface area contributed by atoms with E-state index in [1.807, 2.05) is 0 Å².